The molecule has 2 atom stereocenters. The monoisotopic (exact) mass is 496 g/mol. The summed E-state index contributed by atoms with van der Waals surface area (Å²) in [4.78, 5) is 35.8. The van der Waals surface area contributed by atoms with E-state index in [1.165, 1.54) is 16.0 Å². The molecule has 0 spiro atoms. The Kier molecular flexibility index (Phi) is 8.68. The minimum atomic E-state index is -5.19. The first kappa shape index (κ1) is 28.1. The minimum Gasteiger partial charge on any atom is -0.542 e. The van der Waals surface area contributed by atoms with Crippen molar-refractivity contribution in [3.05, 3.63) is 17.5 Å². The predicted octanol–water partition coefficient (Wildman–Crippen LogP) is -4.76. The van der Waals surface area contributed by atoms with Crippen LogP contribution in [-0.2, 0) is 19.5 Å². The molecule has 1 aromatic heterocycles. The second kappa shape index (κ2) is 9.89. The second-order valence-electron chi connectivity index (χ2n) is 6.41. The van der Waals surface area contributed by atoms with E-state index in [1.54, 1.807) is 14.1 Å². The number of aliphatic carboxylic acids is 1. The van der Waals surface area contributed by atoms with Gasteiger partial charge in [0, 0.05) is 32.4 Å². The van der Waals surface area contributed by atoms with Gasteiger partial charge in [-0.3, -0.25) is 4.55 Å². The summed E-state index contributed by atoms with van der Waals surface area (Å²) in [6, 6.07) is -2.63. The van der Waals surface area contributed by atoms with Gasteiger partial charge in [0.2, 0.25) is 0 Å². The van der Waals surface area contributed by atoms with Crippen molar-refractivity contribution in [1.82, 2.24) is 24.6 Å². The molecule has 174 valence electrons. The average Bonchev–Trinajstić information content (AvgIpc) is 3.17. The summed E-state index contributed by atoms with van der Waals surface area (Å²) >= 11 is 0. The minimum absolute atomic E-state index is 0. The van der Waals surface area contributed by atoms with Gasteiger partial charge in [-0.1, -0.05) is 0 Å². The summed E-state index contributed by atoms with van der Waals surface area (Å²) in [6.07, 6.45) is -3.79. The topological polar surface area (TPSA) is 191 Å². The van der Waals surface area contributed by atoms with Crippen molar-refractivity contribution >= 4 is 28.4 Å². The third-order valence-electron chi connectivity index (χ3n) is 4.12. The molecular weight excluding hydrogens is 480 g/mol. The first-order valence-electron chi connectivity index (χ1n) is 8.14. The van der Waals surface area contributed by atoms with Crippen LogP contribution in [0.25, 0.3) is 0 Å². The molecule has 3 amide bonds. The number of alkyl halides is 3. The maximum atomic E-state index is 12.3. The van der Waals surface area contributed by atoms with Gasteiger partial charge in [-0.15, -0.1) is 4.28 Å². The number of hydrogen-bond donors (Lipinski definition) is 2. The van der Waals surface area contributed by atoms with Gasteiger partial charge in [0.15, 0.2) is 0 Å². The first-order chi connectivity index (χ1) is 14.1. The van der Waals surface area contributed by atoms with Gasteiger partial charge in [0.05, 0.1) is 18.3 Å². The van der Waals surface area contributed by atoms with Gasteiger partial charge >= 0.3 is 58.2 Å². The van der Waals surface area contributed by atoms with E-state index in [0.29, 0.717) is 16.3 Å². The second-order valence-corrected chi connectivity index (χ2v) is 7.41. The van der Waals surface area contributed by atoms with Crippen molar-refractivity contribution in [2.45, 2.75) is 18.3 Å². The molecular formula is C13H16F3N6NaO8S. The van der Waals surface area contributed by atoms with Gasteiger partial charge in [-0.25, -0.2) is 9.59 Å². The van der Waals surface area contributed by atoms with Crippen LogP contribution in [0.4, 0.5) is 22.8 Å². The van der Waals surface area contributed by atoms with Crippen LogP contribution in [0.15, 0.2) is 6.20 Å². The Morgan fingerprint density at radius 1 is 1.41 bits per heavy atom. The molecule has 1 fully saturated rings. The van der Waals surface area contributed by atoms with E-state index in [9.17, 15) is 31.2 Å². The molecule has 1 saturated heterocycles. The molecule has 0 saturated carbocycles. The number of nitrogens with two attached hydrogens (primary N) is 1. The number of carbonyl (C=O) groups excluding carboxylic acids is 3. The maximum Gasteiger partial charge on any atom is 1.00 e. The first-order valence-corrected chi connectivity index (χ1v) is 9.51. The van der Waals surface area contributed by atoms with Gasteiger partial charge in [0.1, 0.15) is 12.0 Å². The zero-order valence-corrected chi connectivity index (χ0v) is 19.6. The molecule has 0 aromatic carbocycles. The van der Waals surface area contributed by atoms with Crippen molar-refractivity contribution in [1.29, 1.82) is 0 Å². The number of amides is 3. The van der Waals surface area contributed by atoms with E-state index in [2.05, 4.69) is 9.38 Å². The number of halogens is 3. The van der Waals surface area contributed by atoms with Gasteiger partial charge < -0.3 is 25.4 Å². The predicted molar refractivity (Wildman–Crippen MR) is 88.9 cm³/mol. The number of carboxylic acids is 1. The molecule has 0 unspecified atom stereocenters. The molecule has 14 nitrogen and oxygen atoms in total. The van der Waals surface area contributed by atoms with Crippen molar-refractivity contribution < 1.29 is 79.5 Å². The summed E-state index contributed by atoms with van der Waals surface area (Å²) in [5.41, 5.74) is 6.54. The Morgan fingerprint density at radius 3 is 2.34 bits per heavy atom. The summed E-state index contributed by atoms with van der Waals surface area (Å²) in [5.74, 6) is -3.01. The molecule has 0 aliphatic carbocycles. The number of hydroxylamine groups is 2. The zero-order chi connectivity index (χ0) is 23.9. The number of urea groups is 1. The van der Waals surface area contributed by atoms with Gasteiger partial charge in [0.25, 0.3) is 0 Å². The third kappa shape index (κ3) is 5.88. The standard InChI is InChI=1S/C11H16N6O6S.C2HF3O2.Na/c1-14(2)10(18)16-4-6-8-5-15(7(3-12)9(6)13-16)11(19)17(8)23-24(20,21)22;3-2(4,5)1(6)7;/h4,7-8H,3,5,12H2,1-2H3,(H,20,21,22);(H,6,7);/q;;+1/p-1/t7-,8-;;/m1../s1. The number of nitrogens with zero attached hydrogens (tertiary/aromatic N) is 5. The molecule has 32 heavy (non-hydrogen) atoms. The zero-order valence-electron chi connectivity index (χ0n) is 16.8. The quantitative estimate of drug-likeness (QED) is 0.303. The number of aromatic nitrogens is 2. The van der Waals surface area contributed by atoms with Crippen LogP contribution >= 0.6 is 0 Å². The number of carboxylic acid groups (broad SMARTS) is 1. The summed E-state index contributed by atoms with van der Waals surface area (Å²) in [7, 11) is -1.78. The van der Waals surface area contributed by atoms with Crippen LogP contribution in [-0.4, -0.2) is 89.0 Å². The number of hydrogen-bond acceptors (Lipinski definition) is 9. The number of rotatable bonds is 3. The van der Waals surface area contributed by atoms with Crippen LogP contribution < -0.4 is 40.4 Å². The summed E-state index contributed by atoms with van der Waals surface area (Å²) < 4.78 is 67.9. The number of carbonyl (C=O) groups is 3. The van der Waals surface area contributed by atoms with E-state index in [1.807, 2.05) is 0 Å². The van der Waals surface area contributed by atoms with Crippen molar-refractivity contribution in [2.24, 2.45) is 5.73 Å². The molecule has 2 bridgehead atoms. The van der Waals surface area contributed by atoms with Crippen LogP contribution in [0.1, 0.15) is 23.3 Å². The van der Waals surface area contributed by atoms with Gasteiger partial charge in [-0.2, -0.15) is 36.4 Å². The van der Waals surface area contributed by atoms with Crippen LogP contribution in [0, 0.1) is 0 Å². The normalized spacial score (nSPS) is 19.5. The van der Waals surface area contributed by atoms with Crippen LogP contribution in [0.3, 0.4) is 0 Å². The average molecular weight is 496 g/mol. The maximum absolute atomic E-state index is 12.3. The Hall–Kier alpha value is -1.96. The van der Waals surface area contributed by atoms with E-state index in [4.69, 9.17) is 20.2 Å². The number of fused-ring (bicyclic) bond motifs is 4. The van der Waals surface area contributed by atoms with E-state index < -0.39 is 46.7 Å². The Balaban J connectivity index is 0.000000558. The molecule has 3 N–H and O–H groups in total. The van der Waals surface area contributed by atoms with Crippen LogP contribution in [0.2, 0.25) is 0 Å². The third-order valence-corrected chi connectivity index (χ3v) is 4.47. The van der Waals surface area contributed by atoms with Crippen LogP contribution in [0.5, 0.6) is 0 Å². The Morgan fingerprint density at radius 2 is 1.94 bits per heavy atom. The molecule has 19 heteroatoms. The smallest absolute Gasteiger partial charge is 0.542 e. The fourth-order valence-electron chi connectivity index (χ4n) is 2.87. The van der Waals surface area contributed by atoms with E-state index in [-0.39, 0.29) is 42.6 Å². The molecule has 3 heterocycles. The summed E-state index contributed by atoms with van der Waals surface area (Å²) in [6.45, 7) is 0.128. The Bertz CT molecular complexity index is 1000. The van der Waals surface area contributed by atoms with Crippen molar-refractivity contribution in [2.75, 3.05) is 27.2 Å². The van der Waals surface area contributed by atoms with E-state index >= 15 is 0 Å². The fraction of sp³-hybridized carbons (Fsp3) is 0.538. The SMILES string of the molecule is CN(C)C(=O)n1cc2c(n1)[C@@H](CN)N1C[C@H]2N(OS(=O)(=O)O)C1=O.O=C([O-])C(F)(F)F.[Na+]. The molecule has 2 aliphatic rings. The largest absolute Gasteiger partial charge is 1.00 e. The molecule has 0 radical (unpaired) electrons. The fourth-order valence-corrected chi connectivity index (χ4v) is 3.25. The Labute approximate surface area is 200 Å². The van der Waals surface area contributed by atoms with Crippen molar-refractivity contribution in [3.63, 3.8) is 0 Å². The van der Waals surface area contributed by atoms with Gasteiger partial charge in [-0.05, 0) is 0 Å². The molecule has 3 rings (SSSR count). The molecule has 1 aromatic rings. The molecule has 2 aliphatic heterocycles. The van der Waals surface area contributed by atoms with E-state index in [0.717, 1.165) is 4.68 Å². The van der Waals surface area contributed by atoms with Crippen molar-refractivity contribution in [3.8, 4) is 0 Å². The summed E-state index contributed by atoms with van der Waals surface area (Å²) in [5, 5.41) is 13.5.